The van der Waals surface area contributed by atoms with Gasteiger partial charge in [0.05, 0.1) is 49.2 Å². The Morgan fingerprint density at radius 1 is 1.11 bits per heavy atom. The summed E-state index contributed by atoms with van der Waals surface area (Å²) in [6.45, 7) is 7.33. The van der Waals surface area contributed by atoms with Gasteiger partial charge in [-0.05, 0) is 75.0 Å². The number of carbonyl (C=O) groups excluding carboxylic acids is 2. The predicted molar refractivity (Wildman–Crippen MR) is 205 cm³/mol. The van der Waals surface area contributed by atoms with Crippen molar-refractivity contribution in [3.63, 3.8) is 0 Å². The summed E-state index contributed by atoms with van der Waals surface area (Å²) in [4.78, 5) is 29.0. The normalized spacial score (nSPS) is 27.5. The van der Waals surface area contributed by atoms with E-state index in [0.29, 0.717) is 65.4 Å². The maximum Gasteiger partial charge on any atom is 0.308 e. The molecule has 3 aromatic rings. The second-order valence-electron chi connectivity index (χ2n) is 15.6. The topological polar surface area (TPSA) is 189 Å². The van der Waals surface area contributed by atoms with Crippen LogP contribution in [0, 0.1) is 25.2 Å². The third-order valence-corrected chi connectivity index (χ3v) is 14.4. The summed E-state index contributed by atoms with van der Waals surface area (Å²) in [7, 11) is 2.98. The Morgan fingerprint density at radius 2 is 1.86 bits per heavy atom. The smallest absolute Gasteiger partial charge is 0.308 e. The quantitative estimate of drug-likeness (QED) is 0.162. The molecule has 302 valence electrons. The van der Waals surface area contributed by atoms with Crippen molar-refractivity contribution in [2.75, 3.05) is 47.0 Å². The summed E-state index contributed by atoms with van der Waals surface area (Å²) in [5.74, 6) is 0.729. The SMILES string of the molecule is COc1cc2c(cc1O)CCN[C@]2(C)CS(=O)[C@@H]1c2c(OC(C)=O)c(C)c3c(c2[C@H](COC=O)N2C1C1c4c(cc(C)c(OC)c4O)CC([C@@H]2C#N)N1C)OCO3. The molecule has 4 unspecified atom stereocenters. The average Bonchev–Trinajstić information content (AvgIpc) is 3.66. The Morgan fingerprint density at radius 3 is 2.54 bits per heavy atom. The van der Waals surface area contributed by atoms with Gasteiger partial charge in [0, 0.05) is 58.3 Å². The Hall–Kier alpha value is -5.08. The first-order chi connectivity index (χ1) is 27.3. The minimum Gasteiger partial charge on any atom is -0.504 e. The van der Waals surface area contributed by atoms with Gasteiger partial charge in [0.2, 0.25) is 6.79 Å². The Kier molecular flexibility index (Phi) is 9.79. The van der Waals surface area contributed by atoms with E-state index in [2.05, 4.69) is 16.3 Å². The van der Waals surface area contributed by atoms with E-state index < -0.39 is 57.8 Å². The van der Waals surface area contributed by atoms with Crippen LogP contribution in [-0.4, -0.2) is 102 Å². The molecule has 5 aliphatic heterocycles. The molecule has 0 spiro atoms. The van der Waals surface area contributed by atoms with E-state index in [-0.39, 0.29) is 42.2 Å². The highest BCUT2D eigenvalue weighted by molar-refractivity contribution is 7.85. The number of carbonyl (C=O) groups is 2. The van der Waals surface area contributed by atoms with Gasteiger partial charge in [-0.15, -0.1) is 0 Å². The van der Waals surface area contributed by atoms with Crippen LogP contribution in [-0.2, 0) is 43.5 Å². The zero-order valence-electron chi connectivity index (χ0n) is 32.8. The van der Waals surface area contributed by atoms with Crippen molar-refractivity contribution in [1.82, 2.24) is 15.1 Å². The third kappa shape index (κ3) is 5.80. The number of nitrogens with one attached hydrogen (secondary N) is 1. The fraction of sp³-hybridized carbons (Fsp3) is 0.488. The van der Waals surface area contributed by atoms with E-state index >= 15 is 4.21 Å². The van der Waals surface area contributed by atoms with Crippen molar-refractivity contribution >= 4 is 23.2 Å². The molecule has 8 rings (SSSR count). The number of phenolic OH excluding ortho intramolecular Hbond substituents is 2. The van der Waals surface area contributed by atoms with Crippen molar-refractivity contribution in [3.8, 4) is 46.3 Å². The molecule has 0 amide bonds. The molecule has 15 nitrogen and oxygen atoms in total. The van der Waals surface area contributed by atoms with E-state index in [1.807, 2.05) is 31.9 Å². The number of nitrogens with zero attached hydrogens (tertiary/aromatic N) is 3. The van der Waals surface area contributed by atoms with E-state index in [1.54, 1.807) is 19.1 Å². The zero-order chi connectivity index (χ0) is 40.7. The first kappa shape index (κ1) is 38.8. The van der Waals surface area contributed by atoms with Crippen molar-refractivity contribution in [3.05, 3.63) is 62.7 Å². The van der Waals surface area contributed by atoms with E-state index in [1.165, 1.54) is 21.1 Å². The second kappa shape index (κ2) is 14.4. The summed E-state index contributed by atoms with van der Waals surface area (Å²) in [6, 6.07) is 4.34. The fourth-order valence-corrected chi connectivity index (χ4v) is 12.3. The highest BCUT2D eigenvalue weighted by atomic mass is 32.2. The number of aryl methyl sites for hydroxylation is 1. The molecule has 1 fully saturated rings. The lowest BCUT2D eigenvalue weighted by Gasteiger charge is -2.61. The number of ether oxygens (including phenoxy) is 6. The molecule has 5 aliphatic rings. The van der Waals surface area contributed by atoms with Gasteiger partial charge in [-0.1, -0.05) is 6.07 Å². The van der Waals surface area contributed by atoms with Crippen LogP contribution in [0.2, 0.25) is 0 Å². The fourth-order valence-electron chi connectivity index (χ4n) is 10.2. The molecular formula is C41H46N4O11S. The van der Waals surface area contributed by atoms with Crippen LogP contribution in [0.1, 0.15) is 75.7 Å². The van der Waals surface area contributed by atoms with Crippen molar-refractivity contribution in [1.29, 1.82) is 5.26 Å². The number of hydrogen-bond donors (Lipinski definition) is 3. The van der Waals surface area contributed by atoms with Crippen LogP contribution >= 0.6 is 0 Å². The first-order valence-electron chi connectivity index (χ1n) is 18.8. The van der Waals surface area contributed by atoms with Crippen molar-refractivity contribution < 1.29 is 52.4 Å². The molecule has 2 bridgehead atoms. The van der Waals surface area contributed by atoms with Gasteiger partial charge in [-0.25, -0.2) is 0 Å². The second-order valence-corrected chi connectivity index (χ2v) is 17.1. The summed E-state index contributed by atoms with van der Waals surface area (Å²) in [5.41, 5.74) is 4.21. The number of benzene rings is 3. The lowest BCUT2D eigenvalue weighted by Crippen LogP contribution is -2.69. The molecule has 0 radical (unpaired) electrons. The number of likely N-dealkylation sites (N-methyl/N-ethyl adjacent to an activating group) is 1. The maximum absolute atomic E-state index is 16.0. The van der Waals surface area contributed by atoms with Crippen LogP contribution in [0.15, 0.2) is 18.2 Å². The van der Waals surface area contributed by atoms with E-state index in [9.17, 15) is 25.1 Å². The maximum atomic E-state index is 16.0. The number of rotatable bonds is 9. The molecular weight excluding hydrogens is 757 g/mol. The van der Waals surface area contributed by atoms with Crippen LogP contribution in [0.3, 0.4) is 0 Å². The Bertz CT molecular complexity index is 2260. The molecule has 5 heterocycles. The lowest BCUT2D eigenvalue weighted by molar-refractivity contribution is -0.134. The summed E-state index contributed by atoms with van der Waals surface area (Å²) in [5, 5.41) is 36.5. The van der Waals surface area contributed by atoms with Gasteiger partial charge in [0.15, 0.2) is 34.5 Å². The summed E-state index contributed by atoms with van der Waals surface area (Å²) in [6.07, 6.45) is 1.02. The Balaban J connectivity index is 1.43. The standard InChI is InChI=1S/C41H46N4O11S/c1-19-10-23-11-25-26(14-42)45-27(15-53-17-46)31-32(37(56-21(3)47)20(2)38-39(31)55-18-54-38)40(34(45)33(44(25)5)30(23)35(49)36(19)52-7)57(50)16-41(4)24-13-29(51-6)28(48)12-22(24)8-9-43-41/h10,12-13,17,25-27,33-34,40,43,48-49H,8-9,11,15-16,18H2,1-7H3/t25?,26-,27-,33?,34?,40+,41+,57?/m0/s1. The molecule has 1 saturated heterocycles. The molecule has 16 heteroatoms. The monoisotopic (exact) mass is 802 g/mol. The predicted octanol–water partition coefficient (Wildman–Crippen LogP) is 3.64. The number of hydrogen-bond acceptors (Lipinski definition) is 15. The molecule has 3 aromatic carbocycles. The molecule has 0 aliphatic carbocycles. The molecule has 0 saturated carbocycles. The van der Waals surface area contributed by atoms with Gasteiger partial charge in [-0.2, -0.15) is 5.26 Å². The summed E-state index contributed by atoms with van der Waals surface area (Å²) < 4.78 is 51.0. The molecule has 57 heavy (non-hydrogen) atoms. The number of phenols is 2. The minimum absolute atomic E-state index is 0.00316. The molecule has 0 aromatic heterocycles. The van der Waals surface area contributed by atoms with Crippen molar-refractivity contribution in [2.24, 2.45) is 0 Å². The zero-order valence-corrected chi connectivity index (χ0v) is 33.7. The highest BCUT2D eigenvalue weighted by Crippen LogP contribution is 2.62. The third-order valence-electron chi connectivity index (χ3n) is 12.5. The minimum atomic E-state index is -1.89. The number of esters is 1. The number of piperazine rings is 1. The van der Waals surface area contributed by atoms with Crippen LogP contribution in [0.5, 0.6) is 40.2 Å². The molecule has 3 N–H and O–H groups in total. The number of methoxy groups -OCH3 is 2. The highest BCUT2D eigenvalue weighted by Gasteiger charge is 2.61. The van der Waals surface area contributed by atoms with Gasteiger partial charge < -0.3 is 44.0 Å². The number of nitriles is 1. The number of fused-ring (bicyclic) bond motifs is 10. The van der Waals surface area contributed by atoms with Gasteiger partial charge in [-0.3, -0.25) is 23.6 Å². The largest absolute Gasteiger partial charge is 0.504 e. The van der Waals surface area contributed by atoms with Crippen molar-refractivity contribution in [2.45, 2.75) is 81.5 Å². The Labute approximate surface area is 332 Å². The van der Waals surface area contributed by atoms with Crippen LogP contribution < -0.4 is 29.0 Å². The molecule has 8 atom stereocenters. The number of aromatic hydroxyl groups is 2. The van der Waals surface area contributed by atoms with E-state index in [4.69, 9.17) is 28.4 Å². The lowest BCUT2D eigenvalue weighted by atomic mass is 9.71. The first-order valence-corrected chi connectivity index (χ1v) is 20.2. The average molecular weight is 803 g/mol. The van der Waals surface area contributed by atoms with Gasteiger partial charge in [0.1, 0.15) is 18.4 Å². The van der Waals surface area contributed by atoms with E-state index in [0.717, 1.165) is 22.3 Å². The summed E-state index contributed by atoms with van der Waals surface area (Å²) >= 11 is 0. The van der Waals surface area contributed by atoms with Crippen LogP contribution in [0.25, 0.3) is 0 Å². The van der Waals surface area contributed by atoms with Gasteiger partial charge in [0.25, 0.3) is 6.47 Å². The van der Waals surface area contributed by atoms with Gasteiger partial charge >= 0.3 is 5.97 Å². The van der Waals surface area contributed by atoms with Crippen LogP contribution in [0.4, 0.5) is 0 Å².